The van der Waals surface area contributed by atoms with Crippen LogP contribution < -0.4 is 5.73 Å². The van der Waals surface area contributed by atoms with Gasteiger partial charge in [-0.2, -0.15) is 0 Å². The molecule has 122 valence electrons. The topological polar surface area (TPSA) is 64.7 Å². The lowest BCUT2D eigenvalue weighted by molar-refractivity contribution is 0.567. The van der Waals surface area contributed by atoms with Crippen molar-refractivity contribution >= 4 is 10.9 Å². The molecule has 1 atom stereocenters. The quantitative estimate of drug-likeness (QED) is 0.770. The van der Waals surface area contributed by atoms with Crippen molar-refractivity contribution in [2.75, 3.05) is 0 Å². The lowest BCUT2D eigenvalue weighted by atomic mass is 10.0. The number of rotatable bonds is 5. The highest BCUT2D eigenvalue weighted by Crippen LogP contribution is 2.36. The standard InChI is InChI=1S/C20H22N4/c1-2-18-16-12-15(14-7-9-22-10-8-14)5-6-19(16)24-20(23-18)17(21)11-13-3-4-13/h5-10,12-13,17H,2-4,11,21H2,1H3/t17-/m1/s1. The van der Waals surface area contributed by atoms with Crippen LogP contribution in [0.4, 0.5) is 0 Å². The molecule has 0 bridgehead atoms. The minimum Gasteiger partial charge on any atom is -0.321 e. The number of nitrogens with two attached hydrogens (primary N) is 1. The number of benzene rings is 1. The van der Waals surface area contributed by atoms with Crippen LogP contribution in [0.25, 0.3) is 22.0 Å². The van der Waals surface area contributed by atoms with Crippen molar-refractivity contribution in [3.63, 3.8) is 0 Å². The average molecular weight is 318 g/mol. The van der Waals surface area contributed by atoms with Gasteiger partial charge in [0, 0.05) is 17.8 Å². The fourth-order valence-corrected chi connectivity index (χ4v) is 3.19. The number of nitrogens with zero attached hydrogens (tertiary/aromatic N) is 3. The van der Waals surface area contributed by atoms with Crippen LogP contribution in [0.3, 0.4) is 0 Å². The number of hydrogen-bond donors (Lipinski definition) is 1. The summed E-state index contributed by atoms with van der Waals surface area (Å²) in [7, 11) is 0. The average Bonchev–Trinajstić information content (AvgIpc) is 3.45. The van der Waals surface area contributed by atoms with Crippen molar-refractivity contribution in [3.05, 3.63) is 54.2 Å². The van der Waals surface area contributed by atoms with Crippen LogP contribution in [0.1, 0.15) is 43.7 Å². The van der Waals surface area contributed by atoms with Gasteiger partial charge in [0.2, 0.25) is 0 Å². The van der Waals surface area contributed by atoms with E-state index < -0.39 is 0 Å². The van der Waals surface area contributed by atoms with Crippen LogP contribution in [-0.4, -0.2) is 15.0 Å². The summed E-state index contributed by atoms with van der Waals surface area (Å²) in [5.41, 5.74) is 10.7. The van der Waals surface area contributed by atoms with Crippen LogP contribution in [-0.2, 0) is 6.42 Å². The van der Waals surface area contributed by atoms with Crippen molar-refractivity contribution < 1.29 is 0 Å². The molecule has 3 aromatic rings. The van der Waals surface area contributed by atoms with Crippen molar-refractivity contribution in [2.24, 2.45) is 11.7 Å². The number of aromatic nitrogens is 3. The predicted molar refractivity (Wildman–Crippen MR) is 96.4 cm³/mol. The molecule has 2 N–H and O–H groups in total. The van der Waals surface area contributed by atoms with Gasteiger partial charge in [0.15, 0.2) is 0 Å². The van der Waals surface area contributed by atoms with Gasteiger partial charge in [-0.3, -0.25) is 4.98 Å². The van der Waals surface area contributed by atoms with Crippen molar-refractivity contribution in [3.8, 4) is 11.1 Å². The van der Waals surface area contributed by atoms with E-state index >= 15 is 0 Å². The molecule has 0 radical (unpaired) electrons. The molecule has 2 heterocycles. The molecule has 2 aromatic heterocycles. The van der Waals surface area contributed by atoms with Gasteiger partial charge >= 0.3 is 0 Å². The molecule has 0 amide bonds. The molecule has 4 rings (SSSR count). The van der Waals surface area contributed by atoms with Crippen molar-refractivity contribution in [1.82, 2.24) is 15.0 Å². The second-order valence-electron chi connectivity index (χ2n) is 6.64. The summed E-state index contributed by atoms with van der Waals surface area (Å²) in [6.07, 6.45) is 8.12. The SMILES string of the molecule is CCc1nc([C@H](N)CC2CC2)nc2ccc(-c3ccncc3)cc12. The Morgan fingerprint density at radius 3 is 2.58 bits per heavy atom. The summed E-state index contributed by atoms with van der Waals surface area (Å²) in [6.45, 7) is 2.14. The summed E-state index contributed by atoms with van der Waals surface area (Å²) in [5, 5.41) is 1.12. The predicted octanol–water partition coefficient (Wildman–Crippen LogP) is 4.05. The fourth-order valence-electron chi connectivity index (χ4n) is 3.19. The minimum absolute atomic E-state index is 0.0490. The first-order valence-corrected chi connectivity index (χ1v) is 8.71. The first kappa shape index (κ1) is 15.2. The highest BCUT2D eigenvalue weighted by molar-refractivity contribution is 5.86. The molecule has 4 heteroatoms. The largest absolute Gasteiger partial charge is 0.321 e. The summed E-state index contributed by atoms with van der Waals surface area (Å²) in [4.78, 5) is 13.6. The highest BCUT2D eigenvalue weighted by Gasteiger charge is 2.26. The molecule has 4 nitrogen and oxygen atoms in total. The Balaban J connectivity index is 1.76. The van der Waals surface area contributed by atoms with E-state index in [1.54, 1.807) is 0 Å². The normalized spacial score (nSPS) is 15.6. The van der Waals surface area contributed by atoms with E-state index in [-0.39, 0.29) is 6.04 Å². The maximum atomic E-state index is 6.34. The fraction of sp³-hybridized carbons (Fsp3) is 0.350. The van der Waals surface area contributed by atoms with Gasteiger partial charge in [-0.05, 0) is 54.2 Å². The van der Waals surface area contributed by atoms with Gasteiger partial charge in [-0.1, -0.05) is 25.8 Å². The number of pyridine rings is 1. The molecule has 1 fully saturated rings. The van der Waals surface area contributed by atoms with Crippen LogP contribution in [0.2, 0.25) is 0 Å². The van der Waals surface area contributed by atoms with Gasteiger partial charge < -0.3 is 5.73 Å². The summed E-state index contributed by atoms with van der Waals surface area (Å²) >= 11 is 0. The van der Waals surface area contributed by atoms with Crippen LogP contribution in [0.5, 0.6) is 0 Å². The first-order chi connectivity index (χ1) is 11.7. The van der Waals surface area contributed by atoms with Gasteiger partial charge in [0.05, 0.1) is 17.3 Å². The molecule has 1 aromatic carbocycles. The lowest BCUT2D eigenvalue weighted by Gasteiger charge is -2.13. The Bertz CT molecular complexity index is 856. The molecule has 0 saturated heterocycles. The van der Waals surface area contributed by atoms with Crippen LogP contribution in [0.15, 0.2) is 42.7 Å². The molecule has 1 aliphatic carbocycles. The monoisotopic (exact) mass is 318 g/mol. The van der Waals surface area contributed by atoms with E-state index in [0.717, 1.165) is 46.7 Å². The molecule has 24 heavy (non-hydrogen) atoms. The van der Waals surface area contributed by atoms with Crippen molar-refractivity contribution in [2.45, 2.75) is 38.6 Å². The number of hydrogen-bond acceptors (Lipinski definition) is 4. The lowest BCUT2D eigenvalue weighted by Crippen LogP contribution is -2.16. The third kappa shape index (κ3) is 3.02. The third-order valence-corrected chi connectivity index (χ3v) is 4.76. The molecular formula is C20H22N4. The Morgan fingerprint density at radius 2 is 1.88 bits per heavy atom. The van der Waals surface area contributed by atoms with Crippen LogP contribution >= 0.6 is 0 Å². The maximum absolute atomic E-state index is 6.34. The summed E-state index contributed by atoms with van der Waals surface area (Å²) in [5.74, 6) is 1.57. The van der Waals surface area contributed by atoms with Gasteiger partial charge in [-0.25, -0.2) is 9.97 Å². The van der Waals surface area contributed by atoms with E-state index in [4.69, 9.17) is 15.7 Å². The minimum atomic E-state index is -0.0490. The maximum Gasteiger partial charge on any atom is 0.145 e. The van der Waals surface area contributed by atoms with E-state index in [0.29, 0.717) is 0 Å². The highest BCUT2D eigenvalue weighted by atomic mass is 14.9. The van der Waals surface area contributed by atoms with E-state index in [2.05, 4.69) is 30.1 Å². The van der Waals surface area contributed by atoms with Gasteiger partial charge in [0.1, 0.15) is 5.82 Å². The molecule has 0 spiro atoms. The van der Waals surface area contributed by atoms with Crippen LogP contribution in [0, 0.1) is 5.92 Å². The number of fused-ring (bicyclic) bond motifs is 1. The Hall–Kier alpha value is -2.33. The zero-order valence-electron chi connectivity index (χ0n) is 13.9. The van der Waals surface area contributed by atoms with E-state index in [1.807, 2.05) is 24.5 Å². The summed E-state index contributed by atoms with van der Waals surface area (Å²) < 4.78 is 0. The summed E-state index contributed by atoms with van der Waals surface area (Å²) in [6, 6.07) is 10.4. The molecule has 0 unspecified atom stereocenters. The number of aryl methyl sites for hydroxylation is 1. The van der Waals surface area contributed by atoms with E-state index in [1.165, 1.54) is 18.4 Å². The molecular weight excluding hydrogens is 296 g/mol. The van der Waals surface area contributed by atoms with E-state index in [9.17, 15) is 0 Å². The smallest absolute Gasteiger partial charge is 0.145 e. The second kappa shape index (κ2) is 6.29. The Kier molecular flexibility index (Phi) is 3.98. The Morgan fingerprint density at radius 1 is 1.08 bits per heavy atom. The Labute approximate surface area is 142 Å². The molecule has 1 aliphatic rings. The van der Waals surface area contributed by atoms with Gasteiger partial charge in [-0.15, -0.1) is 0 Å². The van der Waals surface area contributed by atoms with Crippen molar-refractivity contribution in [1.29, 1.82) is 0 Å². The molecule has 1 saturated carbocycles. The first-order valence-electron chi connectivity index (χ1n) is 8.71. The third-order valence-electron chi connectivity index (χ3n) is 4.76. The van der Waals surface area contributed by atoms with Gasteiger partial charge in [0.25, 0.3) is 0 Å². The zero-order valence-corrected chi connectivity index (χ0v) is 13.9. The molecule has 0 aliphatic heterocycles. The second-order valence-corrected chi connectivity index (χ2v) is 6.64. The zero-order chi connectivity index (χ0) is 16.5.